The molecule has 136 valence electrons. The summed E-state index contributed by atoms with van der Waals surface area (Å²) >= 11 is 0. The number of carbonyl (C=O) groups is 1. The molecule has 3 rings (SSSR count). The van der Waals surface area contributed by atoms with Gasteiger partial charge in [0.2, 0.25) is 0 Å². The number of para-hydroxylation sites is 1. The lowest BCUT2D eigenvalue weighted by molar-refractivity contribution is 0.0357. The molecule has 0 radical (unpaired) electrons. The van der Waals surface area contributed by atoms with Crippen LogP contribution < -0.4 is 4.74 Å². The van der Waals surface area contributed by atoms with E-state index in [2.05, 4.69) is 4.98 Å². The minimum Gasteiger partial charge on any atom is -0.495 e. The molecule has 1 aromatic carbocycles. The number of amides is 1. The molecule has 1 amide bonds. The lowest BCUT2D eigenvalue weighted by Gasteiger charge is -2.34. The van der Waals surface area contributed by atoms with Crippen LogP contribution in [0.1, 0.15) is 49.2 Å². The molecule has 1 saturated heterocycles. The number of nitrogens with one attached hydrogen (secondary N) is 1. The first-order chi connectivity index (χ1) is 11.8. The molecule has 1 fully saturated rings. The number of aromatic amines is 1. The highest BCUT2D eigenvalue weighted by molar-refractivity contribution is 6.02. The van der Waals surface area contributed by atoms with Crippen LogP contribution in [0.5, 0.6) is 5.75 Å². The van der Waals surface area contributed by atoms with E-state index in [4.69, 9.17) is 4.74 Å². The molecule has 0 bridgehead atoms. The predicted octanol–water partition coefficient (Wildman–Crippen LogP) is 3.50. The summed E-state index contributed by atoms with van der Waals surface area (Å²) in [5.41, 5.74) is 1.86. The van der Waals surface area contributed by atoms with Gasteiger partial charge in [0.15, 0.2) is 0 Å². The summed E-state index contributed by atoms with van der Waals surface area (Å²) in [5, 5.41) is 11.0. The second-order valence-electron chi connectivity index (χ2n) is 7.76. The number of methoxy groups -OCH3 is 1. The third-order valence-corrected chi connectivity index (χ3v) is 5.18. The zero-order chi connectivity index (χ0) is 18.2. The average Bonchev–Trinajstić information content (AvgIpc) is 2.90. The Balaban J connectivity index is 1.76. The SMILES string of the molecule is COc1cccc2c(C)c(C(=O)N3CCC(CC(C)(C)O)CC3)[nH]c12. The highest BCUT2D eigenvalue weighted by Gasteiger charge is 2.29. The van der Waals surface area contributed by atoms with E-state index < -0.39 is 5.60 Å². The van der Waals surface area contributed by atoms with E-state index in [9.17, 15) is 9.90 Å². The van der Waals surface area contributed by atoms with Crippen molar-refractivity contribution >= 4 is 16.8 Å². The van der Waals surface area contributed by atoms with Gasteiger partial charge in [0, 0.05) is 18.5 Å². The Morgan fingerprint density at radius 3 is 2.64 bits per heavy atom. The number of piperidine rings is 1. The van der Waals surface area contributed by atoms with Crippen molar-refractivity contribution in [2.75, 3.05) is 20.2 Å². The summed E-state index contributed by atoms with van der Waals surface area (Å²) in [6.45, 7) is 7.17. The van der Waals surface area contributed by atoms with Gasteiger partial charge < -0.3 is 19.7 Å². The molecule has 5 nitrogen and oxygen atoms in total. The van der Waals surface area contributed by atoms with Gasteiger partial charge in [0.1, 0.15) is 11.4 Å². The van der Waals surface area contributed by atoms with Crippen molar-refractivity contribution in [2.45, 2.75) is 45.6 Å². The van der Waals surface area contributed by atoms with Gasteiger partial charge >= 0.3 is 0 Å². The van der Waals surface area contributed by atoms with Crippen LogP contribution in [0, 0.1) is 12.8 Å². The van der Waals surface area contributed by atoms with Gasteiger partial charge in [-0.15, -0.1) is 0 Å². The fourth-order valence-corrected chi connectivity index (χ4v) is 3.91. The molecule has 5 heteroatoms. The molecule has 1 aliphatic rings. The first kappa shape index (κ1) is 17.8. The van der Waals surface area contributed by atoms with Gasteiger partial charge in [0.25, 0.3) is 5.91 Å². The van der Waals surface area contributed by atoms with Gasteiger partial charge in [-0.2, -0.15) is 0 Å². The molecular weight excluding hydrogens is 316 g/mol. The Bertz CT molecular complexity index is 765. The summed E-state index contributed by atoms with van der Waals surface area (Å²) in [4.78, 5) is 18.2. The van der Waals surface area contributed by atoms with Crippen LogP contribution in [0.3, 0.4) is 0 Å². The largest absolute Gasteiger partial charge is 0.495 e. The number of ether oxygens (including phenoxy) is 1. The monoisotopic (exact) mass is 344 g/mol. The van der Waals surface area contributed by atoms with Crippen molar-refractivity contribution in [1.29, 1.82) is 0 Å². The fraction of sp³-hybridized carbons (Fsp3) is 0.550. The van der Waals surface area contributed by atoms with Crippen LogP contribution in [-0.4, -0.2) is 46.7 Å². The van der Waals surface area contributed by atoms with E-state index in [0.29, 0.717) is 11.6 Å². The van der Waals surface area contributed by atoms with Crippen molar-refractivity contribution in [2.24, 2.45) is 5.92 Å². The number of aliphatic hydroxyl groups is 1. The van der Waals surface area contributed by atoms with Gasteiger partial charge in [0.05, 0.1) is 18.2 Å². The molecule has 0 aliphatic carbocycles. The standard InChI is InChI=1S/C20H28N2O3/c1-13-15-6-5-7-16(25-4)18(15)21-17(13)19(23)22-10-8-14(9-11-22)12-20(2,3)24/h5-7,14,21,24H,8-12H2,1-4H3. The number of aromatic nitrogens is 1. The number of hydrogen-bond acceptors (Lipinski definition) is 3. The second-order valence-corrected chi connectivity index (χ2v) is 7.76. The number of hydrogen-bond donors (Lipinski definition) is 2. The summed E-state index contributed by atoms with van der Waals surface area (Å²) < 4.78 is 5.40. The Morgan fingerprint density at radius 2 is 2.04 bits per heavy atom. The molecular formula is C20H28N2O3. The molecule has 25 heavy (non-hydrogen) atoms. The topological polar surface area (TPSA) is 65.6 Å². The van der Waals surface area contributed by atoms with Gasteiger partial charge in [-0.1, -0.05) is 12.1 Å². The van der Waals surface area contributed by atoms with Crippen molar-refractivity contribution in [3.05, 3.63) is 29.5 Å². The van der Waals surface area contributed by atoms with Crippen molar-refractivity contribution < 1.29 is 14.6 Å². The number of H-pyrrole nitrogens is 1. The van der Waals surface area contributed by atoms with Gasteiger partial charge in [-0.3, -0.25) is 4.79 Å². The predicted molar refractivity (Wildman–Crippen MR) is 99.1 cm³/mol. The maximum atomic E-state index is 13.0. The Kier molecular flexibility index (Phi) is 4.78. The Hall–Kier alpha value is -2.01. The van der Waals surface area contributed by atoms with Gasteiger partial charge in [-0.25, -0.2) is 0 Å². The zero-order valence-electron chi connectivity index (χ0n) is 15.6. The molecule has 0 unspecified atom stereocenters. The van der Waals surface area contributed by atoms with Crippen LogP contribution in [0.2, 0.25) is 0 Å². The molecule has 2 N–H and O–H groups in total. The summed E-state index contributed by atoms with van der Waals surface area (Å²) in [7, 11) is 1.64. The Morgan fingerprint density at radius 1 is 1.36 bits per heavy atom. The van der Waals surface area contributed by atoms with Crippen LogP contribution in [0.4, 0.5) is 0 Å². The molecule has 1 aromatic heterocycles. The van der Waals surface area contributed by atoms with Crippen LogP contribution in [0.25, 0.3) is 10.9 Å². The van der Waals surface area contributed by atoms with Crippen molar-refractivity contribution in [3.8, 4) is 5.75 Å². The number of fused-ring (bicyclic) bond motifs is 1. The van der Waals surface area contributed by atoms with E-state index in [0.717, 1.165) is 54.6 Å². The number of nitrogens with zero attached hydrogens (tertiary/aromatic N) is 1. The lowest BCUT2D eigenvalue weighted by atomic mass is 9.86. The van der Waals surface area contributed by atoms with E-state index in [-0.39, 0.29) is 5.91 Å². The third kappa shape index (κ3) is 3.66. The molecule has 0 atom stereocenters. The molecule has 0 saturated carbocycles. The highest BCUT2D eigenvalue weighted by Crippen LogP contribution is 2.31. The van der Waals surface area contributed by atoms with Crippen LogP contribution in [0.15, 0.2) is 18.2 Å². The number of carbonyl (C=O) groups excluding carboxylic acids is 1. The number of aryl methyl sites for hydroxylation is 1. The van der Waals surface area contributed by atoms with E-state index in [1.165, 1.54) is 0 Å². The highest BCUT2D eigenvalue weighted by atomic mass is 16.5. The molecule has 0 spiro atoms. The van der Waals surface area contributed by atoms with Gasteiger partial charge in [-0.05, 0) is 57.6 Å². The Labute approximate surface area is 149 Å². The quantitative estimate of drug-likeness (QED) is 0.892. The smallest absolute Gasteiger partial charge is 0.270 e. The van der Waals surface area contributed by atoms with Crippen molar-refractivity contribution in [1.82, 2.24) is 9.88 Å². The second kappa shape index (κ2) is 6.71. The molecule has 2 aromatic rings. The number of benzene rings is 1. The number of rotatable bonds is 4. The van der Waals surface area contributed by atoms with Crippen LogP contribution >= 0.6 is 0 Å². The van der Waals surface area contributed by atoms with Crippen molar-refractivity contribution in [3.63, 3.8) is 0 Å². The average molecular weight is 344 g/mol. The normalized spacial score (nSPS) is 16.4. The summed E-state index contributed by atoms with van der Waals surface area (Å²) in [5.74, 6) is 1.29. The number of likely N-dealkylation sites (tertiary alicyclic amines) is 1. The van der Waals surface area contributed by atoms with E-state index in [1.54, 1.807) is 7.11 Å². The first-order valence-corrected chi connectivity index (χ1v) is 8.97. The first-order valence-electron chi connectivity index (χ1n) is 8.97. The minimum atomic E-state index is -0.638. The van der Waals surface area contributed by atoms with Crippen LogP contribution in [-0.2, 0) is 0 Å². The zero-order valence-corrected chi connectivity index (χ0v) is 15.6. The maximum absolute atomic E-state index is 13.0. The fourth-order valence-electron chi connectivity index (χ4n) is 3.91. The summed E-state index contributed by atoms with van der Waals surface area (Å²) in [6, 6.07) is 5.85. The van der Waals surface area contributed by atoms with E-state index in [1.807, 2.05) is 43.9 Å². The third-order valence-electron chi connectivity index (χ3n) is 5.18. The lowest BCUT2D eigenvalue weighted by Crippen LogP contribution is -2.40. The minimum absolute atomic E-state index is 0.0532. The molecule has 2 heterocycles. The summed E-state index contributed by atoms with van der Waals surface area (Å²) in [6.07, 6.45) is 2.67. The van der Waals surface area contributed by atoms with E-state index >= 15 is 0 Å². The molecule has 1 aliphatic heterocycles. The maximum Gasteiger partial charge on any atom is 0.270 e.